The van der Waals surface area contributed by atoms with Gasteiger partial charge in [0.15, 0.2) is 0 Å². The maximum absolute atomic E-state index is 11.0. The maximum atomic E-state index is 11.0. The molecule has 13 heavy (non-hydrogen) atoms. The number of nitrogens with one attached hydrogen (secondary N) is 1. The second kappa shape index (κ2) is 3.74. The van der Waals surface area contributed by atoms with Gasteiger partial charge in [-0.3, -0.25) is 4.79 Å². The van der Waals surface area contributed by atoms with Crippen molar-refractivity contribution in [3.8, 4) is 0 Å². The highest BCUT2D eigenvalue weighted by molar-refractivity contribution is 5.81. The van der Waals surface area contributed by atoms with Gasteiger partial charge in [0, 0.05) is 7.05 Å². The van der Waals surface area contributed by atoms with Crippen LogP contribution in [0.15, 0.2) is 0 Å². The molecule has 0 atom stereocenters. The molecule has 1 heterocycles. The van der Waals surface area contributed by atoms with E-state index in [1.165, 1.54) is 11.9 Å². The Hall–Kier alpha value is -1.10. The SMILES string of the molecule is CN(C=O)C1(C(=O)O)CCNCC1. The van der Waals surface area contributed by atoms with E-state index in [0.717, 1.165) is 0 Å². The van der Waals surface area contributed by atoms with Crippen LogP contribution in [0.1, 0.15) is 12.8 Å². The predicted molar refractivity (Wildman–Crippen MR) is 46.3 cm³/mol. The van der Waals surface area contributed by atoms with Gasteiger partial charge in [0.05, 0.1) is 0 Å². The molecule has 0 unspecified atom stereocenters. The standard InChI is InChI=1S/C8H14N2O3/c1-10(6-11)8(7(12)13)2-4-9-5-3-8/h6,9H,2-5H2,1H3,(H,12,13). The molecule has 74 valence electrons. The van der Waals surface area contributed by atoms with Crippen LogP contribution in [0.25, 0.3) is 0 Å². The Morgan fingerprint density at radius 2 is 2.08 bits per heavy atom. The van der Waals surface area contributed by atoms with Crippen molar-refractivity contribution in [2.75, 3.05) is 20.1 Å². The third-order valence-electron chi connectivity index (χ3n) is 2.66. The van der Waals surface area contributed by atoms with E-state index in [9.17, 15) is 9.59 Å². The number of carboxylic acids is 1. The van der Waals surface area contributed by atoms with Crippen LogP contribution < -0.4 is 5.32 Å². The number of nitrogens with zero attached hydrogens (tertiary/aromatic N) is 1. The van der Waals surface area contributed by atoms with Crippen molar-refractivity contribution in [1.29, 1.82) is 0 Å². The minimum atomic E-state index is -0.993. The van der Waals surface area contributed by atoms with Crippen LogP contribution in [-0.2, 0) is 9.59 Å². The molecule has 1 fully saturated rings. The molecule has 5 heteroatoms. The summed E-state index contributed by atoms with van der Waals surface area (Å²) in [7, 11) is 1.52. The number of carbonyl (C=O) groups is 2. The first kappa shape index (κ1) is 9.98. The highest BCUT2D eigenvalue weighted by atomic mass is 16.4. The molecule has 1 saturated heterocycles. The Balaban J connectivity index is 2.84. The normalized spacial score (nSPS) is 20.7. The summed E-state index contributed by atoms with van der Waals surface area (Å²) in [5.74, 6) is -0.913. The molecule has 0 aromatic rings. The van der Waals surface area contributed by atoms with E-state index in [0.29, 0.717) is 32.3 Å². The van der Waals surface area contributed by atoms with Gasteiger partial charge in [0.1, 0.15) is 5.54 Å². The van der Waals surface area contributed by atoms with Crippen LogP contribution >= 0.6 is 0 Å². The van der Waals surface area contributed by atoms with E-state index in [1.807, 2.05) is 0 Å². The van der Waals surface area contributed by atoms with Crippen LogP contribution in [0.4, 0.5) is 0 Å². The fourth-order valence-corrected chi connectivity index (χ4v) is 1.66. The molecular weight excluding hydrogens is 172 g/mol. The zero-order valence-electron chi connectivity index (χ0n) is 7.62. The number of likely N-dealkylation sites (N-methyl/N-ethyl adjacent to an activating group) is 1. The van der Waals surface area contributed by atoms with Crippen LogP contribution in [0.3, 0.4) is 0 Å². The largest absolute Gasteiger partial charge is 0.479 e. The number of amides is 1. The van der Waals surface area contributed by atoms with Crippen LogP contribution in [0, 0.1) is 0 Å². The molecule has 0 aliphatic carbocycles. The lowest BCUT2D eigenvalue weighted by atomic mass is 9.87. The first-order valence-electron chi connectivity index (χ1n) is 4.26. The Morgan fingerprint density at radius 1 is 1.54 bits per heavy atom. The van der Waals surface area contributed by atoms with Gasteiger partial charge >= 0.3 is 5.97 Å². The maximum Gasteiger partial charge on any atom is 0.329 e. The summed E-state index contributed by atoms with van der Waals surface area (Å²) in [5, 5.41) is 12.1. The van der Waals surface area contributed by atoms with Crippen LogP contribution in [0.2, 0.25) is 0 Å². The molecule has 1 amide bonds. The lowest BCUT2D eigenvalue weighted by Crippen LogP contribution is -2.57. The lowest BCUT2D eigenvalue weighted by Gasteiger charge is -2.39. The molecule has 1 rings (SSSR count). The summed E-state index contributed by atoms with van der Waals surface area (Å²) >= 11 is 0. The highest BCUT2D eigenvalue weighted by Crippen LogP contribution is 2.24. The number of carboxylic acid groups (broad SMARTS) is 1. The first-order chi connectivity index (χ1) is 6.13. The zero-order chi connectivity index (χ0) is 9.90. The van der Waals surface area contributed by atoms with E-state index < -0.39 is 11.5 Å². The summed E-state index contributed by atoms with van der Waals surface area (Å²) in [6.07, 6.45) is 1.52. The summed E-state index contributed by atoms with van der Waals surface area (Å²) in [6, 6.07) is 0. The molecule has 0 saturated carbocycles. The topological polar surface area (TPSA) is 69.6 Å². The summed E-state index contributed by atoms with van der Waals surface area (Å²) < 4.78 is 0. The molecule has 1 aliphatic heterocycles. The van der Waals surface area contributed by atoms with Gasteiger partial charge in [-0.1, -0.05) is 0 Å². The van der Waals surface area contributed by atoms with Crippen LogP contribution in [0.5, 0.6) is 0 Å². The molecule has 0 radical (unpaired) electrons. The minimum absolute atomic E-state index is 0.470. The molecule has 0 spiro atoms. The second-order valence-corrected chi connectivity index (χ2v) is 3.30. The van der Waals surface area contributed by atoms with Gasteiger partial charge in [-0.15, -0.1) is 0 Å². The molecule has 5 nitrogen and oxygen atoms in total. The third kappa shape index (κ3) is 1.65. The number of carbonyl (C=O) groups excluding carboxylic acids is 1. The number of hydrogen-bond acceptors (Lipinski definition) is 3. The van der Waals surface area contributed by atoms with E-state index >= 15 is 0 Å². The van der Waals surface area contributed by atoms with Crippen molar-refractivity contribution >= 4 is 12.4 Å². The van der Waals surface area contributed by atoms with Gasteiger partial charge in [-0.05, 0) is 25.9 Å². The van der Waals surface area contributed by atoms with Crippen molar-refractivity contribution in [2.45, 2.75) is 18.4 Å². The van der Waals surface area contributed by atoms with E-state index in [1.54, 1.807) is 0 Å². The number of rotatable bonds is 3. The van der Waals surface area contributed by atoms with Gasteiger partial charge in [-0.25, -0.2) is 4.79 Å². The van der Waals surface area contributed by atoms with Crippen molar-refractivity contribution in [2.24, 2.45) is 0 Å². The average Bonchev–Trinajstić information content (AvgIpc) is 2.17. The molecule has 1 aliphatic rings. The summed E-state index contributed by atoms with van der Waals surface area (Å²) in [6.45, 7) is 1.29. The van der Waals surface area contributed by atoms with Crippen LogP contribution in [-0.4, -0.2) is 48.1 Å². The lowest BCUT2D eigenvalue weighted by molar-refractivity contribution is -0.155. The summed E-state index contributed by atoms with van der Waals surface area (Å²) in [4.78, 5) is 22.9. The molecular formula is C8H14N2O3. The van der Waals surface area contributed by atoms with Crippen molar-refractivity contribution in [3.63, 3.8) is 0 Å². The Bertz CT molecular complexity index is 211. The van der Waals surface area contributed by atoms with Gasteiger partial charge < -0.3 is 15.3 Å². The zero-order valence-corrected chi connectivity index (χ0v) is 7.62. The molecule has 0 aromatic carbocycles. The van der Waals surface area contributed by atoms with Gasteiger partial charge in [0.2, 0.25) is 6.41 Å². The quantitative estimate of drug-likeness (QED) is 0.571. The van der Waals surface area contributed by atoms with Crippen molar-refractivity contribution < 1.29 is 14.7 Å². The minimum Gasteiger partial charge on any atom is -0.479 e. The Labute approximate surface area is 76.7 Å². The number of aliphatic carboxylic acids is 1. The smallest absolute Gasteiger partial charge is 0.329 e. The molecule has 0 bridgehead atoms. The third-order valence-corrected chi connectivity index (χ3v) is 2.66. The molecule has 2 N–H and O–H groups in total. The fraction of sp³-hybridized carbons (Fsp3) is 0.750. The van der Waals surface area contributed by atoms with Crippen molar-refractivity contribution in [1.82, 2.24) is 10.2 Å². The van der Waals surface area contributed by atoms with E-state index in [-0.39, 0.29) is 0 Å². The monoisotopic (exact) mass is 186 g/mol. The van der Waals surface area contributed by atoms with Gasteiger partial charge in [-0.2, -0.15) is 0 Å². The van der Waals surface area contributed by atoms with Gasteiger partial charge in [0.25, 0.3) is 0 Å². The number of hydrogen-bond donors (Lipinski definition) is 2. The number of piperidine rings is 1. The Morgan fingerprint density at radius 3 is 2.46 bits per heavy atom. The van der Waals surface area contributed by atoms with E-state index in [4.69, 9.17) is 5.11 Å². The first-order valence-corrected chi connectivity index (χ1v) is 4.26. The molecule has 0 aromatic heterocycles. The van der Waals surface area contributed by atoms with E-state index in [2.05, 4.69) is 5.32 Å². The van der Waals surface area contributed by atoms with Crippen molar-refractivity contribution in [3.05, 3.63) is 0 Å². The average molecular weight is 186 g/mol. The predicted octanol–water partition coefficient (Wildman–Crippen LogP) is -0.719. The fourth-order valence-electron chi connectivity index (χ4n) is 1.66. The summed E-state index contributed by atoms with van der Waals surface area (Å²) in [5.41, 5.74) is -0.993. The Kier molecular flexibility index (Phi) is 2.87. The second-order valence-electron chi connectivity index (χ2n) is 3.30. The highest BCUT2D eigenvalue weighted by Gasteiger charge is 2.42.